The molecule has 1 aliphatic heterocycles. The normalized spacial score (nSPS) is 15.7. The van der Waals surface area contributed by atoms with Crippen LogP contribution in [0, 0.1) is 0 Å². The zero-order chi connectivity index (χ0) is 21.0. The summed E-state index contributed by atoms with van der Waals surface area (Å²) in [6.07, 6.45) is 1.78. The fraction of sp³-hybridized carbons (Fsp3) is 0.435. The highest BCUT2D eigenvalue weighted by atomic mass is 16.2. The fourth-order valence-corrected chi connectivity index (χ4v) is 3.43. The molecule has 6 heteroatoms. The minimum Gasteiger partial charge on any atom is -0.353 e. The number of hydrogen-bond acceptors (Lipinski definition) is 4. The lowest BCUT2D eigenvalue weighted by molar-refractivity contribution is -0.133. The molecule has 154 valence electrons. The predicted molar refractivity (Wildman–Crippen MR) is 115 cm³/mol. The van der Waals surface area contributed by atoms with E-state index in [-0.39, 0.29) is 17.2 Å². The average molecular weight is 395 g/mol. The van der Waals surface area contributed by atoms with E-state index in [4.69, 9.17) is 0 Å². The third kappa shape index (κ3) is 5.13. The quantitative estimate of drug-likeness (QED) is 0.866. The predicted octanol–water partition coefficient (Wildman–Crippen LogP) is 2.85. The standard InChI is InChI=1S/C23H30N4O2/c1-17(25-21(28)18-8-10-19(11-9-18)23(2,3)4)22(29)27-15-13-26(14-16-27)20-7-5-6-12-24-20/h5-12,17H,13-16H2,1-4H3,(H,25,28)/t17-/m0/s1. The number of anilines is 1. The maximum atomic E-state index is 12.8. The Bertz CT molecular complexity index is 835. The molecule has 29 heavy (non-hydrogen) atoms. The van der Waals surface area contributed by atoms with Gasteiger partial charge in [0.1, 0.15) is 11.9 Å². The van der Waals surface area contributed by atoms with Gasteiger partial charge in [0.15, 0.2) is 0 Å². The van der Waals surface area contributed by atoms with Gasteiger partial charge in [0, 0.05) is 37.9 Å². The highest BCUT2D eigenvalue weighted by Crippen LogP contribution is 2.22. The Morgan fingerprint density at radius 1 is 1.00 bits per heavy atom. The Balaban J connectivity index is 1.53. The molecule has 0 radical (unpaired) electrons. The van der Waals surface area contributed by atoms with Crippen molar-refractivity contribution in [2.24, 2.45) is 0 Å². The van der Waals surface area contributed by atoms with E-state index in [1.54, 1.807) is 13.1 Å². The van der Waals surface area contributed by atoms with E-state index in [1.165, 1.54) is 5.56 Å². The van der Waals surface area contributed by atoms with Crippen molar-refractivity contribution in [3.63, 3.8) is 0 Å². The molecule has 6 nitrogen and oxygen atoms in total. The van der Waals surface area contributed by atoms with E-state index >= 15 is 0 Å². The molecule has 2 heterocycles. The number of nitrogens with zero attached hydrogens (tertiary/aromatic N) is 3. The number of amides is 2. The summed E-state index contributed by atoms with van der Waals surface area (Å²) in [5.41, 5.74) is 1.77. The van der Waals surface area contributed by atoms with Crippen LogP contribution in [0.5, 0.6) is 0 Å². The minimum absolute atomic E-state index is 0.0374. The summed E-state index contributed by atoms with van der Waals surface area (Å²) in [5, 5.41) is 2.84. The molecular weight excluding hydrogens is 364 g/mol. The molecule has 2 amide bonds. The zero-order valence-corrected chi connectivity index (χ0v) is 17.7. The molecule has 0 saturated carbocycles. The molecule has 1 aromatic heterocycles. The fourth-order valence-electron chi connectivity index (χ4n) is 3.43. The molecule has 3 rings (SSSR count). The Morgan fingerprint density at radius 2 is 1.66 bits per heavy atom. The summed E-state index contributed by atoms with van der Waals surface area (Å²) in [6.45, 7) is 10.9. The molecule has 1 N–H and O–H groups in total. The molecule has 1 saturated heterocycles. The molecule has 1 fully saturated rings. The van der Waals surface area contributed by atoms with Gasteiger partial charge in [-0.25, -0.2) is 4.98 Å². The minimum atomic E-state index is -0.564. The van der Waals surface area contributed by atoms with Gasteiger partial charge < -0.3 is 15.1 Å². The van der Waals surface area contributed by atoms with Crippen molar-refractivity contribution in [2.45, 2.75) is 39.2 Å². The third-order valence-corrected chi connectivity index (χ3v) is 5.30. The number of hydrogen-bond donors (Lipinski definition) is 1. The SMILES string of the molecule is C[C@H](NC(=O)c1ccc(C(C)(C)C)cc1)C(=O)N1CCN(c2ccccn2)CC1. The molecule has 1 atom stereocenters. The van der Waals surface area contributed by atoms with E-state index in [0.29, 0.717) is 18.7 Å². The van der Waals surface area contributed by atoms with E-state index in [1.807, 2.05) is 47.4 Å². The number of carbonyl (C=O) groups is 2. The highest BCUT2D eigenvalue weighted by molar-refractivity contribution is 5.97. The van der Waals surface area contributed by atoms with Crippen LogP contribution in [0.3, 0.4) is 0 Å². The summed E-state index contributed by atoms with van der Waals surface area (Å²) in [4.78, 5) is 33.7. The monoisotopic (exact) mass is 394 g/mol. The first-order chi connectivity index (χ1) is 13.8. The number of rotatable bonds is 4. The van der Waals surface area contributed by atoms with Gasteiger partial charge in [0.25, 0.3) is 5.91 Å². The van der Waals surface area contributed by atoms with Gasteiger partial charge in [-0.2, -0.15) is 0 Å². The van der Waals surface area contributed by atoms with E-state index in [0.717, 1.165) is 18.9 Å². The third-order valence-electron chi connectivity index (χ3n) is 5.30. The first-order valence-electron chi connectivity index (χ1n) is 10.1. The lowest BCUT2D eigenvalue weighted by Gasteiger charge is -2.36. The number of aromatic nitrogens is 1. The van der Waals surface area contributed by atoms with Crippen LogP contribution in [0.15, 0.2) is 48.7 Å². The van der Waals surface area contributed by atoms with Crippen LogP contribution in [0.25, 0.3) is 0 Å². The lowest BCUT2D eigenvalue weighted by atomic mass is 9.86. The smallest absolute Gasteiger partial charge is 0.251 e. The van der Waals surface area contributed by atoms with Gasteiger partial charge in [-0.15, -0.1) is 0 Å². The second-order valence-corrected chi connectivity index (χ2v) is 8.52. The van der Waals surface area contributed by atoms with Crippen molar-refractivity contribution in [1.82, 2.24) is 15.2 Å². The van der Waals surface area contributed by atoms with Gasteiger partial charge in [-0.3, -0.25) is 9.59 Å². The van der Waals surface area contributed by atoms with Crippen LogP contribution in [0.4, 0.5) is 5.82 Å². The van der Waals surface area contributed by atoms with E-state index in [2.05, 4.69) is 36.0 Å². The van der Waals surface area contributed by atoms with Gasteiger partial charge in [-0.1, -0.05) is 39.0 Å². The van der Waals surface area contributed by atoms with Gasteiger partial charge >= 0.3 is 0 Å². The van der Waals surface area contributed by atoms with Crippen LogP contribution >= 0.6 is 0 Å². The van der Waals surface area contributed by atoms with Crippen LogP contribution < -0.4 is 10.2 Å². The van der Waals surface area contributed by atoms with E-state index < -0.39 is 6.04 Å². The van der Waals surface area contributed by atoms with E-state index in [9.17, 15) is 9.59 Å². The average Bonchev–Trinajstić information content (AvgIpc) is 2.73. The van der Waals surface area contributed by atoms with Gasteiger partial charge in [0.2, 0.25) is 5.91 Å². The van der Waals surface area contributed by atoms with Crippen molar-refractivity contribution >= 4 is 17.6 Å². The van der Waals surface area contributed by atoms with Crippen LogP contribution in [-0.2, 0) is 10.2 Å². The van der Waals surface area contributed by atoms with Crippen LogP contribution in [0.2, 0.25) is 0 Å². The maximum Gasteiger partial charge on any atom is 0.251 e. The first kappa shape index (κ1) is 20.8. The number of piperazine rings is 1. The molecule has 0 aliphatic carbocycles. The second-order valence-electron chi connectivity index (χ2n) is 8.52. The van der Waals surface area contributed by atoms with Crippen LogP contribution in [0.1, 0.15) is 43.6 Å². The Morgan fingerprint density at radius 3 is 2.21 bits per heavy atom. The molecule has 0 unspecified atom stereocenters. The first-order valence-corrected chi connectivity index (χ1v) is 10.1. The van der Waals surface area contributed by atoms with Crippen LogP contribution in [-0.4, -0.2) is 53.9 Å². The number of pyridine rings is 1. The van der Waals surface area contributed by atoms with Crippen molar-refractivity contribution in [1.29, 1.82) is 0 Å². The van der Waals surface area contributed by atoms with Gasteiger partial charge in [0.05, 0.1) is 0 Å². The van der Waals surface area contributed by atoms with Gasteiger partial charge in [-0.05, 0) is 42.2 Å². The lowest BCUT2D eigenvalue weighted by Crippen LogP contribution is -2.54. The molecule has 0 spiro atoms. The summed E-state index contributed by atoms with van der Waals surface area (Å²) < 4.78 is 0. The molecular formula is C23H30N4O2. The summed E-state index contributed by atoms with van der Waals surface area (Å²) >= 11 is 0. The number of carbonyl (C=O) groups excluding carboxylic acids is 2. The highest BCUT2D eigenvalue weighted by Gasteiger charge is 2.26. The summed E-state index contributed by atoms with van der Waals surface area (Å²) in [6, 6.07) is 12.8. The summed E-state index contributed by atoms with van der Waals surface area (Å²) in [7, 11) is 0. The topological polar surface area (TPSA) is 65.5 Å². The number of nitrogens with one attached hydrogen (secondary N) is 1. The molecule has 2 aromatic rings. The Kier molecular flexibility index (Phi) is 6.20. The summed E-state index contributed by atoms with van der Waals surface area (Å²) in [5.74, 6) is 0.656. The van der Waals surface area contributed by atoms with Crippen molar-refractivity contribution in [3.8, 4) is 0 Å². The van der Waals surface area contributed by atoms with Crippen molar-refractivity contribution < 1.29 is 9.59 Å². The largest absolute Gasteiger partial charge is 0.353 e. The second kappa shape index (κ2) is 8.64. The molecule has 1 aliphatic rings. The van der Waals surface area contributed by atoms with Crippen molar-refractivity contribution in [2.75, 3.05) is 31.1 Å². The number of benzene rings is 1. The molecule has 0 bridgehead atoms. The molecule has 1 aromatic carbocycles. The Hall–Kier alpha value is -2.89. The Labute approximate surface area is 172 Å². The zero-order valence-electron chi connectivity index (χ0n) is 17.7. The maximum absolute atomic E-state index is 12.8. The van der Waals surface area contributed by atoms with Crippen molar-refractivity contribution in [3.05, 3.63) is 59.8 Å².